The summed E-state index contributed by atoms with van der Waals surface area (Å²) in [5, 5.41) is 9.84. The van der Waals surface area contributed by atoms with E-state index in [4.69, 9.17) is 0 Å². The second-order valence-electron chi connectivity index (χ2n) is 6.64. The molecule has 26 heavy (non-hydrogen) atoms. The monoisotopic (exact) mass is 381 g/mol. The molecule has 0 aromatic heterocycles. The van der Waals surface area contributed by atoms with Gasteiger partial charge in [-0.05, 0) is 49.1 Å². The average Bonchev–Trinajstić information content (AvgIpc) is 2.78. The van der Waals surface area contributed by atoms with Gasteiger partial charge in [-0.2, -0.15) is 0 Å². The number of sulfonamides is 1. The number of rotatable bonds is 4. The van der Waals surface area contributed by atoms with E-state index in [1.807, 2.05) is 0 Å². The Balaban J connectivity index is 1.78. The molecular formula is C19H21F2NO3S. The first-order valence-corrected chi connectivity index (χ1v) is 10.1. The minimum Gasteiger partial charge on any atom is -0.393 e. The lowest BCUT2D eigenvalue weighted by molar-refractivity contribution is 0.150. The van der Waals surface area contributed by atoms with Crippen LogP contribution < -0.4 is 4.72 Å². The molecule has 2 unspecified atom stereocenters. The standard InChI is InChI=1S/C19H21F2NO3S/c20-14-7-10-18(19(21)11-14)13-5-8-17(9-6-13)26(24,25)22-15-3-1-2-4-16(23)12-15/h5-11,15-16,22-23H,1-4,12H2. The van der Waals surface area contributed by atoms with Gasteiger partial charge in [0.1, 0.15) is 11.6 Å². The zero-order chi connectivity index (χ0) is 18.7. The molecule has 4 nitrogen and oxygen atoms in total. The summed E-state index contributed by atoms with van der Waals surface area (Å²) >= 11 is 0. The van der Waals surface area contributed by atoms with Crippen molar-refractivity contribution in [1.29, 1.82) is 0 Å². The fraction of sp³-hybridized carbons (Fsp3) is 0.368. The van der Waals surface area contributed by atoms with Gasteiger partial charge in [-0.15, -0.1) is 0 Å². The number of hydrogen-bond donors (Lipinski definition) is 2. The van der Waals surface area contributed by atoms with Crippen LogP contribution in [0.25, 0.3) is 11.1 Å². The van der Waals surface area contributed by atoms with Crippen LogP contribution >= 0.6 is 0 Å². The molecule has 0 saturated heterocycles. The Morgan fingerprint density at radius 2 is 1.69 bits per heavy atom. The maximum Gasteiger partial charge on any atom is 0.240 e. The van der Waals surface area contributed by atoms with Crippen molar-refractivity contribution in [3.63, 3.8) is 0 Å². The summed E-state index contributed by atoms with van der Waals surface area (Å²) in [6.45, 7) is 0. The summed E-state index contributed by atoms with van der Waals surface area (Å²) in [5.74, 6) is -1.37. The van der Waals surface area contributed by atoms with E-state index in [2.05, 4.69) is 4.72 Å². The lowest BCUT2D eigenvalue weighted by Gasteiger charge is -2.18. The van der Waals surface area contributed by atoms with Crippen molar-refractivity contribution in [2.75, 3.05) is 0 Å². The van der Waals surface area contributed by atoms with Crippen LogP contribution in [-0.2, 0) is 10.0 Å². The topological polar surface area (TPSA) is 66.4 Å². The molecule has 0 aliphatic heterocycles. The normalized spacial score (nSPS) is 21.3. The summed E-state index contributed by atoms with van der Waals surface area (Å²) < 4.78 is 54.7. The molecule has 7 heteroatoms. The van der Waals surface area contributed by atoms with Crippen molar-refractivity contribution in [1.82, 2.24) is 4.72 Å². The SMILES string of the molecule is O=S(=O)(NC1CCCCC(O)C1)c1ccc(-c2ccc(F)cc2F)cc1. The summed E-state index contributed by atoms with van der Waals surface area (Å²) in [4.78, 5) is 0.0718. The highest BCUT2D eigenvalue weighted by molar-refractivity contribution is 7.89. The second-order valence-corrected chi connectivity index (χ2v) is 8.35. The van der Waals surface area contributed by atoms with E-state index < -0.39 is 27.8 Å². The largest absolute Gasteiger partial charge is 0.393 e. The number of aliphatic hydroxyl groups excluding tert-OH is 1. The van der Waals surface area contributed by atoms with Crippen molar-refractivity contribution >= 4 is 10.0 Å². The first kappa shape index (κ1) is 18.9. The van der Waals surface area contributed by atoms with Gasteiger partial charge < -0.3 is 5.11 Å². The molecule has 0 amide bonds. The zero-order valence-corrected chi connectivity index (χ0v) is 15.0. The molecule has 1 fully saturated rings. The predicted octanol–water partition coefficient (Wildman–Crippen LogP) is 3.60. The Hall–Kier alpha value is -1.83. The van der Waals surface area contributed by atoms with Gasteiger partial charge >= 0.3 is 0 Å². The Morgan fingerprint density at radius 3 is 2.38 bits per heavy atom. The van der Waals surface area contributed by atoms with Crippen molar-refractivity contribution in [3.8, 4) is 11.1 Å². The predicted molar refractivity (Wildman–Crippen MR) is 95.0 cm³/mol. The Bertz CT molecular complexity index is 869. The highest BCUT2D eigenvalue weighted by atomic mass is 32.2. The summed E-state index contributed by atoms with van der Waals surface area (Å²) in [6, 6.07) is 8.74. The Labute approximate surface area is 151 Å². The van der Waals surface area contributed by atoms with E-state index in [0.29, 0.717) is 24.8 Å². The number of benzene rings is 2. The molecule has 0 spiro atoms. The number of nitrogens with one attached hydrogen (secondary N) is 1. The van der Waals surface area contributed by atoms with Crippen LogP contribution in [0.4, 0.5) is 8.78 Å². The highest BCUT2D eigenvalue weighted by Gasteiger charge is 2.24. The van der Waals surface area contributed by atoms with E-state index >= 15 is 0 Å². The molecule has 1 saturated carbocycles. The molecule has 0 radical (unpaired) electrons. The lowest BCUT2D eigenvalue weighted by Crippen LogP contribution is -2.36. The summed E-state index contributed by atoms with van der Waals surface area (Å²) in [5.41, 5.74) is 0.668. The first-order chi connectivity index (χ1) is 12.3. The van der Waals surface area contributed by atoms with E-state index in [0.717, 1.165) is 25.0 Å². The molecule has 2 N–H and O–H groups in total. The molecule has 2 aromatic rings. The van der Waals surface area contributed by atoms with Gasteiger partial charge in [-0.1, -0.05) is 25.0 Å². The quantitative estimate of drug-likeness (QED) is 0.796. The van der Waals surface area contributed by atoms with Crippen LogP contribution in [0.5, 0.6) is 0 Å². The van der Waals surface area contributed by atoms with E-state index in [9.17, 15) is 22.3 Å². The minimum atomic E-state index is -3.73. The van der Waals surface area contributed by atoms with Gasteiger partial charge in [-0.25, -0.2) is 21.9 Å². The Kier molecular flexibility index (Phi) is 5.70. The van der Waals surface area contributed by atoms with Crippen LogP contribution in [0, 0.1) is 11.6 Å². The smallest absolute Gasteiger partial charge is 0.240 e. The first-order valence-electron chi connectivity index (χ1n) is 8.61. The van der Waals surface area contributed by atoms with E-state index in [1.54, 1.807) is 0 Å². The maximum atomic E-state index is 13.9. The molecule has 0 heterocycles. The fourth-order valence-electron chi connectivity index (χ4n) is 3.27. The van der Waals surface area contributed by atoms with Crippen molar-refractivity contribution in [2.24, 2.45) is 0 Å². The molecule has 0 bridgehead atoms. The van der Waals surface area contributed by atoms with Gasteiger partial charge in [0, 0.05) is 17.7 Å². The van der Waals surface area contributed by atoms with Gasteiger partial charge in [0.15, 0.2) is 0 Å². The molecular weight excluding hydrogens is 360 g/mol. The van der Waals surface area contributed by atoms with Crippen LogP contribution in [0.2, 0.25) is 0 Å². The molecule has 3 rings (SSSR count). The maximum absolute atomic E-state index is 13.9. The molecule has 1 aliphatic rings. The zero-order valence-electron chi connectivity index (χ0n) is 14.2. The number of halogens is 2. The average molecular weight is 381 g/mol. The fourth-order valence-corrected chi connectivity index (χ4v) is 4.55. The van der Waals surface area contributed by atoms with Crippen molar-refractivity contribution in [3.05, 3.63) is 54.1 Å². The van der Waals surface area contributed by atoms with Gasteiger partial charge in [0.25, 0.3) is 0 Å². The number of aliphatic hydroxyl groups is 1. The van der Waals surface area contributed by atoms with Crippen LogP contribution in [0.1, 0.15) is 32.1 Å². The van der Waals surface area contributed by atoms with Crippen LogP contribution in [-0.4, -0.2) is 25.7 Å². The summed E-state index contributed by atoms with van der Waals surface area (Å²) in [6.07, 6.45) is 3.04. The number of hydrogen-bond acceptors (Lipinski definition) is 3. The highest BCUT2D eigenvalue weighted by Crippen LogP contribution is 2.25. The minimum absolute atomic E-state index is 0.0718. The van der Waals surface area contributed by atoms with Gasteiger partial charge in [0.2, 0.25) is 10.0 Å². The van der Waals surface area contributed by atoms with E-state index in [1.165, 1.54) is 30.3 Å². The van der Waals surface area contributed by atoms with Gasteiger partial charge in [-0.3, -0.25) is 0 Å². The third-order valence-corrected chi connectivity index (χ3v) is 6.16. The molecule has 1 aliphatic carbocycles. The second kappa shape index (κ2) is 7.82. The van der Waals surface area contributed by atoms with Crippen molar-refractivity contribution < 1.29 is 22.3 Å². The van der Waals surface area contributed by atoms with E-state index in [-0.39, 0.29) is 16.5 Å². The van der Waals surface area contributed by atoms with Gasteiger partial charge in [0.05, 0.1) is 11.0 Å². The lowest BCUT2D eigenvalue weighted by atomic mass is 10.1. The summed E-state index contributed by atoms with van der Waals surface area (Å²) in [7, 11) is -3.73. The van der Waals surface area contributed by atoms with Crippen LogP contribution in [0.15, 0.2) is 47.4 Å². The van der Waals surface area contributed by atoms with Crippen molar-refractivity contribution in [2.45, 2.75) is 49.1 Å². The van der Waals surface area contributed by atoms with Crippen LogP contribution in [0.3, 0.4) is 0 Å². The Morgan fingerprint density at radius 1 is 1.00 bits per heavy atom. The molecule has 2 atom stereocenters. The molecule has 2 aromatic carbocycles. The third kappa shape index (κ3) is 4.47. The molecule has 140 valence electrons. The third-order valence-electron chi connectivity index (χ3n) is 4.63.